The van der Waals surface area contributed by atoms with Crippen LogP contribution in [0.15, 0.2) is 34.9 Å². The largest absolute Gasteiger partial charge is 0.756 e. The topological polar surface area (TPSA) is 574 Å². The van der Waals surface area contributed by atoms with Crippen molar-refractivity contribution in [3.8, 4) is 0 Å². The zero-order chi connectivity index (χ0) is 58.0. The van der Waals surface area contributed by atoms with Crippen LogP contribution in [0.5, 0.6) is 0 Å². The van der Waals surface area contributed by atoms with Crippen molar-refractivity contribution in [2.24, 2.45) is 13.0 Å². The molecule has 1 amide bonds. The van der Waals surface area contributed by atoms with Crippen molar-refractivity contribution < 1.29 is 108 Å². The van der Waals surface area contributed by atoms with E-state index in [4.69, 9.17) is 54.2 Å². The van der Waals surface area contributed by atoms with Crippen LogP contribution in [0.25, 0.3) is 33.5 Å². The first-order valence-electron chi connectivity index (χ1n) is 23.2. The summed E-state index contributed by atoms with van der Waals surface area (Å²) in [4.78, 5) is 111. The minimum Gasteiger partial charge on any atom is -0.756 e. The van der Waals surface area contributed by atoms with Crippen LogP contribution in [-0.2, 0) is 75.8 Å². The van der Waals surface area contributed by atoms with E-state index in [-0.39, 0.29) is 64.2 Å². The maximum absolute atomic E-state index is 13.6. The van der Waals surface area contributed by atoms with Crippen molar-refractivity contribution in [2.75, 3.05) is 50.7 Å². The number of rotatable bonds is 22. The van der Waals surface area contributed by atoms with Gasteiger partial charge in [0.15, 0.2) is 41.4 Å². The van der Waals surface area contributed by atoms with E-state index in [1.807, 2.05) is 0 Å². The highest BCUT2D eigenvalue weighted by Gasteiger charge is 2.53. The Morgan fingerprint density at radius 2 is 1.39 bits per heavy atom. The fourth-order valence-corrected chi connectivity index (χ4v) is 13.4. The number of aromatic nitrogens is 12. The molecule has 3 aliphatic rings. The Hall–Kier alpha value is -5.64. The highest BCUT2D eigenvalue weighted by atomic mass is 31.3. The Kier molecular flexibility index (Phi) is 16.7. The number of aryl methyl sites for hydroxylation is 1. The Labute approximate surface area is 445 Å². The maximum atomic E-state index is 13.6. The van der Waals surface area contributed by atoms with Gasteiger partial charge in [-0.2, -0.15) is 13.6 Å². The van der Waals surface area contributed by atoms with Gasteiger partial charge in [0.1, 0.15) is 54.6 Å². The number of amides is 1. The van der Waals surface area contributed by atoms with Gasteiger partial charge in [-0.15, -0.1) is 0 Å². The average molecular weight is 1210 g/mol. The lowest BCUT2D eigenvalue weighted by Gasteiger charge is -2.31. The Morgan fingerprint density at radius 1 is 0.775 bits per heavy atom. The van der Waals surface area contributed by atoms with Crippen LogP contribution in [0.4, 0.5) is 17.7 Å². The Balaban J connectivity index is 0.876. The lowest BCUT2D eigenvalue weighted by Crippen LogP contribution is -2.46. The van der Waals surface area contributed by atoms with Crippen LogP contribution >= 0.6 is 31.3 Å². The fourth-order valence-electron chi connectivity index (χ4n) is 8.98. The molecule has 9 rings (SSSR count). The number of aliphatic hydroxyl groups excluding tert-OH is 3. The highest BCUT2D eigenvalue weighted by Crippen LogP contribution is 2.68. The first kappa shape index (κ1) is 59.0. The summed E-state index contributed by atoms with van der Waals surface area (Å²) in [6.45, 7) is -2.18. The molecule has 0 saturated carbocycles. The van der Waals surface area contributed by atoms with Crippen molar-refractivity contribution in [1.29, 1.82) is 0 Å². The quantitative estimate of drug-likeness (QED) is 0.0225. The van der Waals surface area contributed by atoms with Crippen LogP contribution in [-0.4, -0.2) is 172 Å². The number of aliphatic hydroxyl groups is 3. The van der Waals surface area contributed by atoms with Crippen LogP contribution in [0, 0.1) is 5.92 Å². The molecule has 15 N–H and O–H groups in total. The first-order chi connectivity index (χ1) is 37.6. The molecule has 6 aromatic heterocycles. The number of H-pyrrole nitrogens is 2. The summed E-state index contributed by atoms with van der Waals surface area (Å²) in [6.07, 6.45) is -13.6. The molecule has 16 atom stereocenters. The summed E-state index contributed by atoms with van der Waals surface area (Å²) >= 11 is 0. The lowest BCUT2D eigenvalue weighted by atomic mass is 9.98. The molecule has 0 spiro atoms. The molecule has 0 aliphatic carbocycles. The van der Waals surface area contributed by atoms with Crippen molar-refractivity contribution in [3.63, 3.8) is 0 Å². The number of hydrogen-bond donors (Lipinski definition) is 12. The number of nitrogens with zero attached hydrogens (tertiary/aromatic N) is 10. The fraction of sp³-hybridized carbons (Fsp3) is 0.556. The van der Waals surface area contributed by atoms with Gasteiger partial charge in [-0.05, 0) is 0 Å². The van der Waals surface area contributed by atoms with Crippen molar-refractivity contribution in [1.82, 2.24) is 58.9 Å². The standard InChI is InChI=1S/C36H50N16O24P4/c1-4-17(53)40-5-13-14(71-32(21(13)54)52-12-49(2)20-29(52)46-36(39)48-31(20)58)6-69-78(61,62)75-80(65,66)76-79(63,64)70-8-16-24(25(67-3)34(73-16)50-10-43-18-26(37)41-9-42-27(18)50)74-77(59,60)68-7-15-22(55)23(56)33(72-15)51-11-44-19-28(51)45-35(38)47-30(19)57/h9-16,21-25,32-34,54-56H,4-8H2,1-3H3,(H12-,37,38,39,40,41,42,45,46,47,48,53,57,58,59,60,61,62,63,64,65,66)/t13-,14-,15-,16-,21-,22-,23-,24-,25-,32-,33-,34-/m1/s1. The second kappa shape index (κ2) is 22.6. The van der Waals surface area contributed by atoms with Gasteiger partial charge in [-0.25, -0.2) is 38.2 Å². The third kappa shape index (κ3) is 12.1. The first-order valence-corrected chi connectivity index (χ1v) is 29.1. The molecule has 9 heterocycles. The van der Waals surface area contributed by atoms with Crippen molar-refractivity contribution in [2.45, 2.75) is 80.9 Å². The van der Waals surface area contributed by atoms with Crippen LogP contribution < -0.4 is 43.1 Å². The number of nitrogens with one attached hydrogen (secondary N) is 3. The molecule has 6 aromatic rings. The number of methoxy groups -OCH3 is 1. The number of hydrogen-bond acceptors (Lipinski definition) is 30. The normalized spacial score (nSPS) is 29.2. The molecule has 3 fully saturated rings. The molecule has 0 aromatic carbocycles. The average Bonchev–Trinajstić information content (AvgIpc) is 4.23. The number of phosphoric acid groups is 4. The molecule has 40 nitrogen and oxygen atoms in total. The minimum absolute atomic E-state index is 0.00225. The van der Waals surface area contributed by atoms with E-state index in [9.17, 15) is 67.5 Å². The molecule has 0 radical (unpaired) electrons. The summed E-state index contributed by atoms with van der Waals surface area (Å²) < 4.78 is 110. The van der Waals surface area contributed by atoms with E-state index in [1.165, 1.54) is 34.0 Å². The number of nitrogen functional groups attached to an aromatic ring is 3. The molecule has 438 valence electrons. The third-order valence-electron chi connectivity index (χ3n) is 12.6. The number of carbonyl (C=O) groups is 1. The van der Waals surface area contributed by atoms with Crippen LogP contribution in [0.2, 0.25) is 0 Å². The summed E-state index contributed by atoms with van der Waals surface area (Å²) in [6, 6.07) is 0. The van der Waals surface area contributed by atoms with Crippen LogP contribution in [0.1, 0.15) is 32.0 Å². The second-order valence-electron chi connectivity index (χ2n) is 17.8. The predicted molar refractivity (Wildman–Crippen MR) is 258 cm³/mol. The Morgan fingerprint density at radius 3 is 2.06 bits per heavy atom. The van der Waals surface area contributed by atoms with E-state index in [0.717, 1.165) is 30.7 Å². The van der Waals surface area contributed by atoms with Gasteiger partial charge in [0.25, 0.3) is 24.9 Å². The monoisotopic (exact) mass is 1210 g/mol. The zero-order valence-corrected chi connectivity index (χ0v) is 44.9. The highest BCUT2D eigenvalue weighted by molar-refractivity contribution is 7.66. The number of ether oxygens (including phenoxy) is 4. The van der Waals surface area contributed by atoms with E-state index in [2.05, 4.69) is 53.8 Å². The second-order valence-corrected chi connectivity index (χ2v) is 23.8. The molecule has 44 heteroatoms. The van der Waals surface area contributed by atoms with E-state index in [1.54, 1.807) is 0 Å². The molecule has 80 heavy (non-hydrogen) atoms. The predicted octanol–water partition coefficient (Wildman–Crippen LogP) is -4.56. The van der Waals surface area contributed by atoms with Crippen LogP contribution in [0.3, 0.4) is 0 Å². The van der Waals surface area contributed by atoms with Gasteiger partial charge in [0.2, 0.25) is 23.6 Å². The third-order valence-corrected chi connectivity index (χ3v) is 17.8. The van der Waals surface area contributed by atoms with E-state index < -0.39 is 142 Å². The number of aromatic amines is 2. The van der Waals surface area contributed by atoms with Crippen molar-refractivity contribution >= 4 is 88.4 Å². The number of carbonyl (C=O) groups excluding carboxylic acids is 1. The number of anilines is 3. The summed E-state index contributed by atoms with van der Waals surface area (Å²) in [5, 5.41) is 35.7. The molecule has 3 aliphatic heterocycles. The van der Waals surface area contributed by atoms with Gasteiger partial charge in [-0.3, -0.25) is 51.7 Å². The SMILES string of the molecule is CCC(=O)NC[C@H]1[C@@H](O)[C@H]([n+]2cn(C)c3c(=O)[nH]c(N)nc32)O[C@@H]1COP(=O)(O)OP(=O)(O)OP(=O)(O)OC[C@H]1O[C@@H](n2cnc3c(N)ncnc32)[C@H](OC)[C@@H]1OP(=O)([O-])OC[C@H]1O[C@@H](n2cnc3c(=O)[nH]c(N)nc32)[C@H](O)[C@@H]1O. The molecule has 0 bridgehead atoms. The Bertz CT molecular complexity index is 3640. The smallest absolute Gasteiger partial charge is 0.490 e. The summed E-state index contributed by atoms with van der Waals surface area (Å²) in [5.74, 6) is -2.36. The summed E-state index contributed by atoms with van der Waals surface area (Å²) in [5.41, 5.74) is 15.5. The molecular formula is C36H50N16O24P4. The molecule has 4 unspecified atom stereocenters. The van der Waals surface area contributed by atoms with Gasteiger partial charge < -0.3 is 85.4 Å². The molecular weight excluding hydrogens is 1160 g/mol. The van der Waals surface area contributed by atoms with Gasteiger partial charge >= 0.3 is 29.1 Å². The van der Waals surface area contributed by atoms with Gasteiger partial charge in [0, 0.05) is 26.0 Å². The zero-order valence-electron chi connectivity index (χ0n) is 41.3. The van der Waals surface area contributed by atoms with E-state index >= 15 is 0 Å². The lowest BCUT2D eigenvalue weighted by molar-refractivity contribution is -0.745. The van der Waals surface area contributed by atoms with Crippen molar-refractivity contribution in [3.05, 3.63) is 46.0 Å². The number of fused-ring (bicyclic) bond motifs is 3. The summed E-state index contributed by atoms with van der Waals surface area (Å²) in [7, 11) is -21.3. The number of phosphoric ester groups is 3. The van der Waals surface area contributed by atoms with Gasteiger partial charge in [-0.1, -0.05) is 11.9 Å². The van der Waals surface area contributed by atoms with Gasteiger partial charge in [0.05, 0.1) is 45.6 Å². The minimum atomic E-state index is -6.24. The maximum Gasteiger partial charge on any atom is 0.490 e. The number of imidazole rings is 3. The molecule has 3 saturated heterocycles. The number of nitrogens with two attached hydrogens (primary N) is 3. The van der Waals surface area contributed by atoms with E-state index in [0.29, 0.717) is 0 Å².